The molecule has 1 aromatic carbocycles. The minimum Gasteiger partial charge on any atom is -0.272 e. The van der Waals surface area contributed by atoms with Gasteiger partial charge in [-0.05, 0) is 23.9 Å². The molecule has 0 fully saturated rings. The van der Waals surface area contributed by atoms with Gasteiger partial charge in [-0.25, -0.2) is 5.01 Å². The van der Waals surface area contributed by atoms with E-state index in [2.05, 4.69) is 47.6 Å². The molecule has 7 heteroatoms. The summed E-state index contributed by atoms with van der Waals surface area (Å²) >= 11 is 4.94. The highest BCUT2D eigenvalue weighted by Crippen LogP contribution is 2.34. The molecule has 26 heavy (non-hydrogen) atoms. The van der Waals surface area contributed by atoms with Crippen LogP contribution in [-0.2, 0) is 4.79 Å². The van der Waals surface area contributed by atoms with Crippen molar-refractivity contribution in [3.8, 4) is 0 Å². The average Bonchev–Trinajstić information content (AvgIpc) is 3.41. The third-order valence-electron chi connectivity index (χ3n) is 4.31. The molecule has 0 saturated carbocycles. The maximum absolute atomic E-state index is 12.9. The van der Waals surface area contributed by atoms with Gasteiger partial charge < -0.3 is 0 Å². The lowest BCUT2D eigenvalue weighted by atomic mass is 10.00. The van der Waals surface area contributed by atoms with Gasteiger partial charge in [0.2, 0.25) is 0 Å². The fourth-order valence-corrected chi connectivity index (χ4v) is 5.56. The zero-order valence-electron chi connectivity index (χ0n) is 14.4. The molecule has 0 saturated heterocycles. The maximum Gasteiger partial charge on any atom is 0.253 e. The van der Waals surface area contributed by atoms with E-state index in [0.29, 0.717) is 5.75 Å². The molecule has 1 aromatic heterocycles. The topological polar surface area (TPSA) is 45.0 Å². The van der Waals surface area contributed by atoms with Crippen LogP contribution in [0.2, 0.25) is 0 Å². The second kappa shape index (κ2) is 7.98. The lowest BCUT2D eigenvalue weighted by molar-refractivity contribution is -0.130. The predicted molar refractivity (Wildman–Crippen MR) is 113 cm³/mol. The number of benzene rings is 1. The SMILES string of the molecule is Cc1ccc([C@H]2CC(c3cccs3)=NN2C(=O)CSC2=NCCS2)cc1. The second-order valence-electron chi connectivity index (χ2n) is 6.18. The Bertz CT molecular complexity index is 843. The maximum atomic E-state index is 12.9. The lowest BCUT2D eigenvalue weighted by Gasteiger charge is -2.22. The first-order valence-electron chi connectivity index (χ1n) is 8.51. The summed E-state index contributed by atoms with van der Waals surface area (Å²) in [4.78, 5) is 18.5. The Kier molecular flexibility index (Phi) is 5.47. The number of hydrazone groups is 1. The molecule has 0 radical (unpaired) electrons. The number of amides is 1. The summed E-state index contributed by atoms with van der Waals surface area (Å²) in [5.41, 5.74) is 3.35. The highest BCUT2D eigenvalue weighted by molar-refractivity contribution is 8.39. The molecule has 0 aliphatic carbocycles. The summed E-state index contributed by atoms with van der Waals surface area (Å²) in [6, 6.07) is 12.5. The molecule has 2 aromatic rings. The van der Waals surface area contributed by atoms with Crippen LogP contribution in [-0.4, -0.2) is 39.1 Å². The standard InChI is InChI=1S/C19H19N3OS3/c1-13-4-6-14(7-5-13)16-11-15(17-3-2-9-24-17)21-22(16)18(23)12-26-19-20-8-10-25-19/h2-7,9,16H,8,10-12H2,1H3/t16-/m1/s1. The van der Waals surface area contributed by atoms with Gasteiger partial charge in [0.25, 0.3) is 5.91 Å². The fourth-order valence-electron chi connectivity index (χ4n) is 2.97. The molecular formula is C19H19N3OS3. The molecule has 4 nitrogen and oxygen atoms in total. The molecule has 0 bridgehead atoms. The highest BCUT2D eigenvalue weighted by Gasteiger charge is 2.33. The van der Waals surface area contributed by atoms with E-state index in [4.69, 9.17) is 5.10 Å². The van der Waals surface area contributed by atoms with E-state index < -0.39 is 0 Å². The van der Waals surface area contributed by atoms with Crippen molar-refractivity contribution in [2.45, 2.75) is 19.4 Å². The van der Waals surface area contributed by atoms with Crippen LogP contribution in [0.1, 0.15) is 28.5 Å². The molecule has 0 unspecified atom stereocenters. The Balaban J connectivity index is 1.55. The Labute approximate surface area is 165 Å². The summed E-state index contributed by atoms with van der Waals surface area (Å²) in [5.74, 6) is 1.45. The molecule has 134 valence electrons. The predicted octanol–water partition coefficient (Wildman–Crippen LogP) is 4.57. The summed E-state index contributed by atoms with van der Waals surface area (Å²) in [7, 11) is 0. The highest BCUT2D eigenvalue weighted by atomic mass is 32.2. The molecule has 0 spiro atoms. The van der Waals surface area contributed by atoms with E-state index in [9.17, 15) is 4.79 Å². The van der Waals surface area contributed by atoms with Crippen molar-refractivity contribution in [3.05, 3.63) is 57.8 Å². The first-order chi connectivity index (χ1) is 12.7. The van der Waals surface area contributed by atoms with Crippen molar-refractivity contribution in [3.63, 3.8) is 0 Å². The summed E-state index contributed by atoms with van der Waals surface area (Å²) < 4.78 is 1.02. The minimum absolute atomic E-state index is 0.0287. The molecule has 3 heterocycles. The van der Waals surface area contributed by atoms with Gasteiger partial charge in [-0.15, -0.1) is 11.3 Å². The second-order valence-corrected chi connectivity index (χ2v) is 9.43. The van der Waals surface area contributed by atoms with E-state index in [1.54, 1.807) is 28.1 Å². The van der Waals surface area contributed by atoms with Crippen molar-refractivity contribution in [1.29, 1.82) is 0 Å². The van der Waals surface area contributed by atoms with E-state index in [-0.39, 0.29) is 11.9 Å². The van der Waals surface area contributed by atoms with E-state index in [0.717, 1.165) is 39.2 Å². The quantitative estimate of drug-likeness (QED) is 0.754. The number of hydrogen-bond donors (Lipinski definition) is 0. The van der Waals surface area contributed by atoms with Crippen molar-refractivity contribution < 1.29 is 4.79 Å². The van der Waals surface area contributed by atoms with E-state index in [1.807, 2.05) is 6.07 Å². The molecule has 2 aliphatic heterocycles. The van der Waals surface area contributed by atoms with Crippen LogP contribution in [0.5, 0.6) is 0 Å². The Hall–Kier alpha value is -1.57. The number of hydrogen-bond acceptors (Lipinski definition) is 6. The molecule has 2 aliphatic rings. The summed E-state index contributed by atoms with van der Waals surface area (Å²) in [6.07, 6.45) is 0.760. The van der Waals surface area contributed by atoms with E-state index >= 15 is 0 Å². The van der Waals surface area contributed by atoms with Crippen LogP contribution in [0.15, 0.2) is 51.9 Å². The summed E-state index contributed by atoms with van der Waals surface area (Å²) in [6.45, 7) is 2.93. The number of aliphatic imine (C=N–C) groups is 1. The van der Waals surface area contributed by atoms with Gasteiger partial charge >= 0.3 is 0 Å². The fraction of sp³-hybridized carbons (Fsp3) is 0.316. The molecular weight excluding hydrogens is 382 g/mol. The zero-order chi connectivity index (χ0) is 17.9. The van der Waals surface area contributed by atoms with Gasteiger partial charge in [0, 0.05) is 12.2 Å². The van der Waals surface area contributed by atoms with Gasteiger partial charge in [-0.1, -0.05) is 59.4 Å². The van der Waals surface area contributed by atoms with Gasteiger partial charge in [0.15, 0.2) is 0 Å². The van der Waals surface area contributed by atoms with Crippen LogP contribution in [0.25, 0.3) is 0 Å². The number of aryl methyl sites for hydroxylation is 1. The number of rotatable bonds is 4. The first kappa shape index (κ1) is 17.8. The van der Waals surface area contributed by atoms with Crippen molar-refractivity contribution in [1.82, 2.24) is 5.01 Å². The largest absolute Gasteiger partial charge is 0.272 e. The number of nitrogens with zero attached hydrogens (tertiary/aromatic N) is 3. The number of carbonyl (C=O) groups excluding carboxylic acids is 1. The average molecular weight is 402 g/mol. The Morgan fingerprint density at radius 3 is 2.85 bits per heavy atom. The smallest absolute Gasteiger partial charge is 0.253 e. The number of thioether (sulfide) groups is 2. The Morgan fingerprint density at radius 2 is 2.15 bits per heavy atom. The number of carbonyl (C=O) groups is 1. The van der Waals surface area contributed by atoms with Crippen LogP contribution >= 0.6 is 34.9 Å². The Morgan fingerprint density at radius 1 is 1.31 bits per heavy atom. The third kappa shape index (κ3) is 3.89. The van der Waals surface area contributed by atoms with Crippen molar-refractivity contribution >= 4 is 50.9 Å². The molecule has 1 amide bonds. The van der Waals surface area contributed by atoms with Crippen LogP contribution in [0, 0.1) is 6.92 Å². The normalized spacial score (nSPS) is 19.6. The lowest BCUT2D eigenvalue weighted by Crippen LogP contribution is -2.28. The number of thiophene rings is 1. The molecule has 1 atom stereocenters. The van der Waals surface area contributed by atoms with Crippen LogP contribution in [0.4, 0.5) is 0 Å². The van der Waals surface area contributed by atoms with Crippen molar-refractivity contribution in [2.24, 2.45) is 10.1 Å². The van der Waals surface area contributed by atoms with E-state index in [1.165, 1.54) is 17.3 Å². The monoisotopic (exact) mass is 401 g/mol. The van der Waals surface area contributed by atoms with Crippen LogP contribution < -0.4 is 0 Å². The first-order valence-corrected chi connectivity index (χ1v) is 11.4. The molecule has 4 rings (SSSR count). The zero-order valence-corrected chi connectivity index (χ0v) is 16.9. The minimum atomic E-state index is -0.0287. The van der Waals surface area contributed by atoms with Gasteiger partial charge in [0.1, 0.15) is 4.38 Å². The summed E-state index contributed by atoms with van der Waals surface area (Å²) in [5, 5.41) is 8.44. The van der Waals surface area contributed by atoms with Crippen LogP contribution in [0.3, 0.4) is 0 Å². The van der Waals surface area contributed by atoms with Gasteiger partial charge in [-0.3, -0.25) is 9.79 Å². The van der Waals surface area contributed by atoms with Crippen molar-refractivity contribution in [2.75, 3.05) is 18.1 Å². The van der Waals surface area contributed by atoms with Gasteiger partial charge in [0.05, 0.1) is 28.9 Å². The molecule has 0 N–H and O–H groups in total. The third-order valence-corrected chi connectivity index (χ3v) is 7.47. The van der Waals surface area contributed by atoms with Gasteiger partial charge in [-0.2, -0.15) is 5.10 Å².